The quantitative estimate of drug-likeness (QED) is 0.565. The molecule has 3 nitrogen and oxygen atoms in total. The average Bonchev–Trinajstić information content (AvgIpc) is 2.60. The lowest BCUT2D eigenvalue weighted by Gasteiger charge is -2.00. The molecule has 0 saturated heterocycles. The molecule has 2 rings (SSSR count). The number of hydrogen-bond acceptors (Lipinski definition) is 4. The monoisotopic (exact) mass is 371 g/mol. The van der Waals surface area contributed by atoms with Gasteiger partial charge in [0, 0.05) is 5.38 Å². The molecule has 2 heterocycles. The van der Waals surface area contributed by atoms with E-state index in [9.17, 15) is 0 Å². The van der Waals surface area contributed by atoms with Gasteiger partial charge in [-0.15, -0.1) is 11.3 Å². The molecule has 2 aromatic rings. The number of nitrogens with zero attached hydrogens (tertiary/aromatic N) is 3. The molecule has 0 aromatic carbocycles. The molecule has 0 fully saturated rings. The normalized spacial score (nSPS) is 10.7. The van der Waals surface area contributed by atoms with E-state index in [1.54, 1.807) is 0 Å². The highest BCUT2D eigenvalue weighted by molar-refractivity contribution is 14.1. The molecule has 0 unspecified atom stereocenters. The van der Waals surface area contributed by atoms with Crippen molar-refractivity contribution in [2.24, 2.45) is 0 Å². The predicted octanol–water partition coefficient (Wildman–Crippen LogP) is 3.82. The first-order chi connectivity index (χ1) is 7.08. The van der Waals surface area contributed by atoms with Crippen molar-refractivity contribution in [3.05, 3.63) is 24.3 Å². The largest absolute Gasteiger partial charge is 0.238 e. The first kappa shape index (κ1) is 11.5. The van der Waals surface area contributed by atoms with Crippen LogP contribution in [0, 0.1) is 10.5 Å². The molecule has 0 saturated carbocycles. The number of thiazole rings is 1. The summed E-state index contributed by atoms with van der Waals surface area (Å²) in [5.41, 5.74) is 0.706. The van der Waals surface area contributed by atoms with E-state index in [1.807, 2.05) is 34.9 Å². The lowest BCUT2D eigenvalue weighted by atomic mass is 10.4. The summed E-state index contributed by atoms with van der Waals surface area (Å²) >= 11 is 15.4. The zero-order valence-electron chi connectivity index (χ0n) is 7.46. The van der Waals surface area contributed by atoms with Gasteiger partial charge in [0.05, 0.1) is 8.58 Å². The average molecular weight is 372 g/mol. The summed E-state index contributed by atoms with van der Waals surface area (Å²) in [5.74, 6) is 0.467. The predicted molar refractivity (Wildman–Crippen MR) is 70.6 cm³/mol. The maximum atomic E-state index is 5.91. The molecule has 0 radical (unpaired) electrons. The minimum Gasteiger partial charge on any atom is -0.238 e. The van der Waals surface area contributed by atoms with Gasteiger partial charge in [0.25, 0.3) is 0 Å². The fourth-order valence-electron chi connectivity index (χ4n) is 0.975. The van der Waals surface area contributed by atoms with E-state index in [4.69, 9.17) is 23.2 Å². The molecule has 0 N–H and O–H groups in total. The lowest BCUT2D eigenvalue weighted by molar-refractivity contribution is 1.13. The van der Waals surface area contributed by atoms with Crippen molar-refractivity contribution in [1.82, 2.24) is 15.0 Å². The standard InChI is InChI=1S/C8H4Cl2IN3S/c1-3-12-4(2-15-3)8-13-6(9)5(11)7(10)14-8/h2H,1H3. The number of aryl methyl sites for hydroxylation is 1. The van der Waals surface area contributed by atoms with E-state index < -0.39 is 0 Å². The SMILES string of the molecule is Cc1nc(-c2nc(Cl)c(I)c(Cl)n2)cs1. The summed E-state index contributed by atoms with van der Waals surface area (Å²) in [6.07, 6.45) is 0. The Morgan fingerprint density at radius 3 is 2.27 bits per heavy atom. The van der Waals surface area contributed by atoms with Gasteiger partial charge in [-0.05, 0) is 29.5 Å². The topological polar surface area (TPSA) is 38.7 Å². The smallest absolute Gasteiger partial charge is 0.181 e. The summed E-state index contributed by atoms with van der Waals surface area (Å²) in [5, 5.41) is 3.55. The van der Waals surface area contributed by atoms with E-state index in [0.29, 0.717) is 25.4 Å². The Morgan fingerprint density at radius 1 is 1.20 bits per heavy atom. The van der Waals surface area contributed by atoms with Crippen molar-refractivity contribution in [2.45, 2.75) is 6.92 Å². The van der Waals surface area contributed by atoms with Gasteiger partial charge >= 0.3 is 0 Å². The van der Waals surface area contributed by atoms with Crippen molar-refractivity contribution >= 4 is 57.1 Å². The van der Waals surface area contributed by atoms with Crippen molar-refractivity contribution < 1.29 is 0 Å². The van der Waals surface area contributed by atoms with Crippen molar-refractivity contribution in [2.75, 3.05) is 0 Å². The van der Waals surface area contributed by atoms with Crippen LogP contribution in [0.15, 0.2) is 5.38 Å². The van der Waals surface area contributed by atoms with Crippen LogP contribution < -0.4 is 0 Å². The molecule has 0 aliphatic rings. The van der Waals surface area contributed by atoms with Gasteiger partial charge in [0.2, 0.25) is 0 Å². The Morgan fingerprint density at radius 2 is 1.80 bits per heavy atom. The molecular weight excluding hydrogens is 368 g/mol. The minimum atomic E-state index is 0.358. The highest BCUT2D eigenvalue weighted by Crippen LogP contribution is 2.27. The summed E-state index contributed by atoms with van der Waals surface area (Å²) in [6, 6.07) is 0. The van der Waals surface area contributed by atoms with Crippen LogP contribution in [0.4, 0.5) is 0 Å². The maximum absolute atomic E-state index is 5.91. The van der Waals surface area contributed by atoms with Crippen LogP contribution in [0.1, 0.15) is 5.01 Å². The highest BCUT2D eigenvalue weighted by Gasteiger charge is 2.12. The molecule has 7 heteroatoms. The first-order valence-electron chi connectivity index (χ1n) is 3.89. The van der Waals surface area contributed by atoms with E-state index in [0.717, 1.165) is 5.01 Å². The number of halogens is 3. The summed E-state index contributed by atoms with van der Waals surface area (Å²) in [4.78, 5) is 12.5. The summed E-state index contributed by atoms with van der Waals surface area (Å²) in [7, 11) is 0. The van der Waals surface area contributed by atoms with Crippen LogP contribution >= 0.6 is 57.1 Å². The molecule has 0 spiro atoms. The molecule has 0 bridgehead atoms. The third kappa shape index (κ3) is 2.41. The molecule has 15 heavy (non-hydrogen) atoms. The van der Waals surface area contributed by atoms with Gasteiger partial charge in [-0.25, -0.2) is 15.0 Å². The molecule has 0 aliphatic heterocycles. The first-order valence-corrected chi connectivity index (χ1v) is 6.60. The molecule has 0 atom stereocenters. The maximum Gasteiger partial charge on any atom is 0.181 e. The third-order valence-corrected chi connectivity index (χ3v) is 4.60. The summed E-state index contributed by atoms with van der Waals surface area (Å²) < 4.78 is 0.659. The van der Waals surface area contributed by atoms with Crippen LogP contribution in [-0.2, 0) is 0 Å². The molecule has 78 valence electrons. The molecular formula is C8H4Cl2IN3S. The van der Waals surface area contributed by atoms with E-state index >= 15 is 0 Å². The van der Waals surface area contributed by atoms with Crippen LogP contribution in [0.3, 0.4) is 0 Å². The zero-order chi connectivity index (χ0) is 11.0. The Kier molecular flexibility index (Phi) is 3.44. The third-order valence-electron chi connectivity index (χ3n) is 1.62. The van der Waals surface area contributed by atoms with Gasteiger partial charge in [0.1, 0.15) is 16.0 Å². The zero-order valence-corrected chi connectivity index (χ0v) is 11.9. The van der Waals surface area contributed by atoms with Gasteiger partial charge in [-0.2, -0.15) is 0 Å². The number of rotatable bonds is 1. The van der Waals surface area contributed by atoms with Crippen LogP contribution in [0.2, 0.25) is 10.3 Å². The summed E-state index contributed by atoms with van der Waals surface area (Å²) in [6.45, 7) is 1.92. The fraction of sp³-hybridized carbons (Fsp3) is 0.125. The number of hydrogen-bond donors (Lipinski definition) is 0. The lowest BCUT2D eigenvalue weighted by Crippen LogP contribution is -1.94. The minimum absolute atomic E-state index is 0.358. The Hall–Kier alpha value is 0.0200. The van der Waals surface area contributed by atoms with Crippen molar-refractivity contribution in [1.29, 1.82) is 0 Å². The van der Waals surface area contributed by atoms with E-state index in [-0.39, 0.29) is 0 Å². The second-order valence-electron chi connectivity index (χ2n) is 2.69. The van der Waals surface area contributed by atoms with E-state index in [2.05, 4.69) is 15.0 Å². The second-order valence-corrected chi connectivity index (χ2v) is 5.55. The van der Waals surface area contributed by atoms with Gasteiger partial charge < -0.3 is 0 Å². The van der Waals surface area contributed by atoms with Crippen LogP contribution in [-0.4, -0.2) is 15.0 Å². The van der Waals surface area contributed by atoms with Gasteiger partial charge in [-0.3, -0.25) is 0 Å². The Labute approximate surface area is 114 Å². The van der Waals surface area contributed by atoms with Crippen LogP contribution in [0.25, 0.3) is 11.5 Å². The second kappa shape index (κ2) is 4.48. The fourth-order valence-corrected chi connectivity index (χ4v) is 2.19. The molecule has 0 amide bonds. The highest BCUT2D eigenvalue weighted by atomic mass is 127. The van der Waals surface area contributed by atoms with Crippen molar-refractivity contribution in [3.8, 4) is 11.5 Å². The van der Waals surface area contributed by atoms with Gasteiger partial charge in [0.15, 0.2) is 5.82 Å². The number of aromatic nitrogens is 3. The molecule has 2 aromatic heterocycles. The van der Waals surface area contributed by atoms with Crippen molar-refractivity contribution in [3.63, 3.8) is 0 Å². The molecule has 0 aliphatic carbocycles. The van der Waals surface area contributed by atoms with Gasteiger partial charge in [-0.1, -0.05) is 23.2 Å². The van der Waals surface area contributed by atoms with E-state index in [1.165, 1.54) is 11.3 Å². The Balaban J connectivity index is 2.55. The Bertz CT molecular complexity index is 491. The van der Waals surface area contributed by atoms with Crippen LogP contribution in [0.5, 0.6) is 0 Å².